The first-order chi connectivity index (χ1) is 9.52. The molecule has 0 aliphatic heterocycles. The van der Waals surface area contributed by atoms with Crippen LogP contribution in [0.3, 0.4) is 0 Å². The van der Waals surface area contributed by atoms with Gasteiger partial charge < -0.3 is 14.6 Å². The predicted octanol–water partition coefficient (Wildman–Crippen LogP) is 2.33. The third-order valence-corrected chi connectivity index (χ3v) is 2.85. The Kier molecular flexibility index (Phi) is 3.84. The molecule has 6 nitrogen and oxygen atoms in total. The number of aryl methyl sites for hydroxylation is 1. The molecule has 1 N–H and O–H groups in total. The number of hydrogen-bond acceptors (Lipinski definition) is 5. The first-order valence-corrected chi connectivity index (χ1v) is 5.95. The summed E-state index contributed by atoms with van der Waals surface area (Å²) in [5.41, 5.74) is 1.75. The second kappa shape index (κ2) is 5.56. The molecule has 0 spiro atoms. The molecule has 2 rings (SSSR count). The standard InChI is InChI=1S/C14H14N2O4/c1-8-7-12(16-20-8)13(17)15-11-6-4-5-10(9(11)2)14(18)19-3/h4-7H,1-3H3,(H,15,17). The van der Waals surface area contributed by atoms with Crippen molar-refractivity contribution in [1.29, 1.82) is 0 Å². The maximum absolute atomic E-state index is 12.0. The average Bonchev–Trinajstić information content (AvgIpc) is 2.87. The first kappa shape index (κ1) is 13.8. The molecule has 0 aliphatic carbocycles. The van der Waals surface area contributed by atoms with E-state index in [1.54, 1.807) is 32.0 Å². The van der Waals surface area contributed by atoms with Crippen molar-refractivity contribution in [3.63, 3.8) is 0 Å². The van der Waals surface area contributed by atoms with Crippen molar-refractivity contribution in [3.8, 4) is 0 Å². The maximum Gasteiger partial charge on any atom is 0.338 e. The van der Waals surface area contributed by atoms with Crippen LogP contribution in [0, 0.1) is 13.8 Å². The smallest absolute Gasteiger partial charge is 0.338 e. The number of carbonyl (C=O) groups excluding carboxylic acids is 2. The topological polar surface area (TPSA) is 81.4 Å². The van der Waals surface area contributed by atoms with Crippen LogP contribution in [-0.2, 0) is 4.74 Å². The number of benzene rings is 1. The third kappa shape index (κ3) is 2.69. The Balaban J connectivity index is 2.26. The van der Waals surface area contributed by atoms with Crippen LogP contribution in [0.2, 0.25) is 0 Å². The lowest BCUT2D eigenvalue weighted by Gasteiger charge is -2.10. The Hall–Kier alpha value is -2.63. The van der Waals surface area contributed by atoms with Crippen LogP contribution in [0.5, 0.6) is 0 Å². The predicted molar refractivity (Wildman–Crippen MR) is 71.7 cm³/mol. The van der Waals surface area contributed by atoms with Crippen molar-refractivity contribution in [3.05, 3.63) is 46.8 Å². The Labute approximate surface area is 115 Å². The minimum absolute atomic E-state index is 0.186. The van der Waals surface area contributed by atoms with E-state index in [0.29, 0.717) is 22.6 Å². The molecular formula is C14H14N2O4. The lowest BCUT2D eigenvalue weighted by Crippen LogP contribution is -2.14. The van der Waals surface area contributed by atoms with E-state index in [9.17, 15) is 9.59 Å². The molecule has 1 aromatic carbocycles. The van der Waals surface area contributed by atoms with Crippen molar-refractivity contribution < 1.29 is 18.8 Å². The van der Waals surface area contributed by atoms with Gasteiger partial charge in [0.2, 0.25) is 0 Å². The number of methoxy groups -OCH3 is 1. The second-order valence-corrected chi connectivity index (χ2v) is 4.25. The molecule has 20 heavy (non-hydrogen) atoms. The van der Waals surface area contributed by atoms with Gasteiger partial charge in [-0.05, 0) is 31.5 Å². The summed E-state index contributed by atoms with van der Waals surface area (Å²) < 4.78 is 9.53. The summed E-state index contributed by atoms with van der Waals surface area (Å²) in [5, 5.41) is 6.33. The molecule has 0 atom stereocenters. The fourth-order valence-corrected chi connectivity index (χ4v) is 1.76. The zero-order valence-corrected chi connectivity index (χ0v) is 11.4. The van der Waals surface area contributed by atoms with Crippen molar-refractivity contribution in [2.75, 3.05) is 12.4 Å². The number of amides is 1. The van der Waals surface area contributed by atoms with E-state index in [1.807, 2.05) is 0 Å². The molecule has 2 aromatic rings. The molecular weight excluding hydrogens is 260 g/mol. The zero-order valence-electron chi connectivity index (χ0n) is 11.4. The maximum atomic E-state index is 12.0. The summed E-state index contributed by atoms with van der Waals surface area (Å²) in [6.45, 7) is 3.43. The highest BCUT2D eigenvalue weighted by atomic mass is 16.5. The minimum Gasteiger partial charge on any atom is -0.465 e. The monoisotopic (exact) mass is 274 g/mol. The molecule has 0 saturated carbocycles. The van der Waals surface area contributed by atoms with Crippen LogP contribution in [0.15, 0.2) is 28.8 Å². The van der Waals surface area contributed by atoms with Crippen LogP contribution >= 0.6 is 0 Å². The number of nitrogens with one attached hydrogen (secondary N) is 1. The molecule has 0 unspecified atom stereocenters. The van der Waals surface area contributed by atoms with Crippen LogP contribution < -0.4 is 5.32 Å². The lowest BCUT2D eigenvalue weighted by atomic mass is 10.1. The van der Waals surface area contributed by atoms with Crippen molar-refractivity contribution in [2.24, 2.45) is 0 Å². The highest BCUT2D eigenvalue weighted by molar-refractivity contribution is 6.04. The molecule has 6 heteroatoms. The van der Waals surface area contributed by atoms with E-state index in [-0.39, 0.29) is 5.69 Å². The fraction of sp³-hybridized carbons (Fsp3) is 0.214. The van der Waals surface area contributed by atoms with E-state index >= 15 is 0 Å². The molecule has 0 fully saturated rings. The molecule has 1 aromatic heterocycles. The summed E-state index contributed by atoms with van der Waals surface area (Å²) in [6, 6.07) is 6.54. The van der Waals surface area contributed by atoms with Gasteiger partial charge in [-0.2, -0.15) is 0 Å². The third-order valence-electron chi connectivity index (χ3n) is 2.85. The number of rotatable bonds is 3. The fourth-order valence-electron chi connectivity index (χ4n) is 1.76. The van der Waals surface area contributed by atoms with E-state index in [0.717, 1.165) is 0 Å². The SMILES string of the molecule is COC(=O)c1cccc(NC(=O)c2cc(C)on2)c1C. The minimum atomic E-state index is -0.448. The van der Waals surface area contributed by atoms with Gasteiger partial charge in [0.25, 0.3) is 5.91 Å². The number of aromatic nitrogens is 1. The van der Waals surface area contributed by atoms with Gasteiger partial charge in [-0.15, -0.1) is 0 Å². The number of anilines is 1. The van der Waals surface area contributed by atoms with Crippen molar-refractivity contribution >= 4 is 17.6 Å². The van der Waals surface area contributed by atoms with Crippen LogP contribution in [0.4, 0.5) is 5.69 Å². The van der Waals surface area contributed by atoms with Crippen LogP contribution in [-0.4, -0.2) is 24.1 Å². The summed E-state index contributed by atoms with van der Waals surface area (Å²) in [7, 11) is 1.31. The van der Waals surface area contributed by atoms with Gasteiger partial charge in [0, 0.05) is 11.8 Å². The normalized spacial score (nSPS) is 10.2. The van der Waals surface area contributed by atoms with Crippen LogP contribution in [0.1, 0.15) is 32.2 Å². The summed E-state index contributed by atoms with van der Waals surface area (Å²) in [6.07, 6.45) is 0. The van der Waals surface area contributed by atoms with E-state index in [2.05, 4.69) is 15.2 Å². The Morgan fingerprint density at radius 3 is 2.65 bits per heavy atom. The van der Waals surface area contributed by atoms with Gasteiger partial charge in [-0.3, -0.25) is 4.79 Å². The highest BCUT2D eigenvalue weighted by Crippen LogP contribution is 2.20. The number of esters is 1. The van der Waals surface area contributed by atoms with Gasteiger partial charge in [-0.1, -0.05) is 11.2 Å². The molecule has 0 saturated heterocycles. The average molecular weight is 274 g/mol. The summed E-state index contributed by atoms with van der Waals surface area (Å²) in [4.78, 5) is 23.6. The molecule has 1 amide bonds. The molecule has 0 bridgehead atoms. The first-order valence-electron chi connectivity index (χ1n) is 5.95. The van der Waals surface area contributed by atoms with E-state index in [4.69, 9.17) is 4.52 Å². The van der Waals surface area contributed by atoms with E-state index < -0.39 is 11.9 Å². The van der Waals surface area contributed by atoms with E-state index in [1.165, 1.54) is 13.2 Å². The van der Waals surface area contributed by atoms with Gasteiger partial charge in [0.1, 0.15) is 5.76 Å². The molecule has 0 aliphatic rings. The van der Waals surface area contributed by atoms with Gasteiger partial charge >= 0.3 is 5.97 Å². The summed E-state index contributed by atoms with van der Waals surface area (Å²) >= 11 is 0. The Morgan fingerprint density at radius 2 is 2.05 bits per heavy atom. The van der Waals surface area contributed by atoms with Gasteiger partial charge in [0.05, 0.1) is 12.7 Å². The molecule has 1 heterocycles. The molecule has 104 valence electrons. The quantitative estimate of drug-likeness (QED) is 0.869. The largest absolute Gasteiger partial charge is 0.465 e. The highest BCUT2D eigenvalue weighted by Gasteiger charge is 2.15. The van der Waals surface area contributed by atoms with Crippen LogP contribution in [0.25, 0.3) is 0 Å². The number of nitrogens with zero attached hydrogens (tertiary/aromatic N) is 1. The second-order valence-electron chi connectivity index (χ2n) is 4.25. The van der Waals surface area contributed by atoms with Gasteiger partial charge in [0.15, 0.2) is 5.69 Å². The van der Waals surface area contributed by atoms with Gasteiger partial charge in [-0.25, -0.2) is 4.79 Å². The Bertz CT molecular complexity index is 661. The number of carbonyl (C=O) groups is 2. The number of ether oxygens (including phenoxy) is 1. The zero-order chi connectivity index (χ0) is 14.7. The molecule has 0 radical (unpaired) electrons. The summed E-state index contributed by atoms with van der Waals surface area (Å²) in [5.74, 6) is -0.293. The lowest BCUT2D eigenvalue weighted by molar-refractivity contribution is 0.0599. The van der Waals surface area contributed by atoms with Crippen molar-refractivity contribution in [1.82, 2.24) is 5.16 Å². The number of hydrogen-bond donors (Lipinski definition) is 1. The Morgan fingerprint density at radius 1 is 1.30 bits per heavy atom. The van der Waals surface area contributed by atoms with Crippen molar-refractivity contribution in [2.45, 2.75) is 13.8 Å².